The van der Waals surface area contributed by atoms with Crippen molar-refractivity contribution in [3.63, 3.8) is 0 Å². The molecule has 0 aliphatic carbocycles. The molecule has 0 unspecified atom stereocenters. The van der Waals surface area contributed by atoms with Gasteiger partial charge in [0, 0.05) is 37.9 Å². The summed E-state index contributed by atoms with van der Waals surface area (Å²) in [5, 5.41) is 3.13. The van der Waals surface area contributed by atoms with E-state index in [1.165, 1.54) is 6.26 Å². The van der Waals surface area contributed by atoms with Crippen molar-refractivity contribution >= 4 is 17.8 Å². The van der Waals surface area contributed by atoms with Gasteiger partial charge < -0.3 is 19.5 Å². The van der Waals surface area contributed by atoms with Gasteiger partial charge in [0.2, 0.25) is 5.95 Å². The maximum Gasteiger partial charge on any atom is 0.289 e. The Hall–Kier alpha value is -2.90. The molecule has 0 aromatic carbocycles. The lowest BCUT2D eigenvalue weighted by atomic mass is 10.2. The Kier molecular flexibility index (Phi) is 5.20. The zero-order valence-electron chi connectivity index (χ0n) is 15.2. The number of carbonyl (C=O) groups is 2. The fraction of sp³-hybridized carbons (Fsp3) is 0.444. The van der Waals surface area contributed by atoms with Gasteiger partial charge in [-0.3, -0.25) is 9.59 Å². The summed E-state index contributed by atoms with van der Waals surface area (Å²) in [5.41, 5.74) is 1.10. The van der Waals surface area contributed by atoms with E-state index in [1.54, 1.807) is 28.0 Å². The first-order valence-electron chi connectivity index (χ1n) is 8.68. The summed E-state index contributed by atoms with van der Waals surface area (Å²) in [5.74, 6) is 0.478. The third kappa shape index (κ3) is 4.01. The van der Waals surface area contributed by atoms with Crippen LogP contribution in [0.3, 0.4) is 0 Å². The Labute approximate surface area is 152 Å². The van der Waals surface area contributed by atoms with Crippen LogP contribution in [0.4, 0.5) is 5.95 Å². The van der Waals surface area contributed by atoms with Crippen molar-refractivity contribution in [2.24, 2.45) is 0 Å². The molecule has 8 nitrogen and oxygen atoms in total. The van der Waals surface area contributed by atoms with Gasteiger partial charge in [-0.05, 0) is 39.0 Å². The van der Waals surface area contributed by atoms with Crippen LogP contribution in [0.25, 0.3) is 0 Å². The highest BCUT2D eigenvalue weighted by Gasteiger charge is 2.27. The Balaban J connectivity index is 1.65. The SMILES string of the molecule is Cc1cc(C(=O)N2CCN(C(=O)c3ccco3)CC2)nc(NC(C)C)n1. The third-order valence-electron chi connectivity index (χ3n) is 4.08. The molecular formula is C18H23N5O3. The highest BCUT2D eigenvalue weighted by Crippen LogP contribution is 2.13. The first-order chi connectivity index (χ1) is 12.4. The van der Waals surface area contributed by atoms with Gasteiger partial charge in [-0.15, -0.1) is 0 Å². The minimum atomic E-state index is -0.150. The van der Waals surface area contributed by atoms with Gasteiger partial charge in [0.05, 0.1) is 6.26 Å². The van der Waals surface area contributed by atoms with Gasteiger partial charge in [-0.2, -0.15) is 0 Å². The summed E-state index contributed by atoms with van der Waals surface area (Å²) in [7, 11) is 0. The topological polar surface area (TPSA) is 91.6 Å². The molecule has 0 radical (unpaired) electrons. The Bertz CT molecular complexity index is 780. The van der Waals surface area contributed by atoms with Gasteiger partial charge in [0.15, 0.2) is 5.76 Å². The molecule has 1 aliphatic heterocycles. The highest BCUT2D eigenvalue weighted by molar-refractivity contribution is 5.94. The molecule has 2 aromatic heterocycles. The number of nitrogens with one attached hydrogen (secondary N) is 1. The summed E-state index contributed by atoms with van der Waals surface area (Å²) in [6.45, 7) is 7.66. The number of carbonyl (C=O) groups excluding carboxylic acids is 2. The molecule has 0 bridgehead atoms. The molecule has 2 aromatic rings. The summed E-state index contributed by atoms with van der Waals surface area (Å²) >= 11 is 0. The molecule has 8 heteroatoms. The fourth-order valence-electron chi connectivity index (χ4n) is 2.83. The third-order valence-corrected chi connectivity index (χ3v) is 4.08. The van der Waals surface area contributed by atoms with Crippen LogP contribution in [0.2, 0.25) is 0 Å². The van der Waals surface area contributed by atoms with Crippen molar-refractivity contribution in [2.45, 2.75) is 26.8 Å². The fourth-order valence-corrected chi connectivity index (χ4v) is 2.83. The van der Waals surface area contributed by atoms with Crippen LogP contribution in [0, 0.1) is 6.92 Å². The number of piperazine rings is 1. The molecule has 1 N–H and O–H groups in total. The molecule has 1 aliphatic rings. The van der Waals surface area contributed by atoms with Crippen LogP contribution in [-0.4, -0.2) is 63.8 Å². The van der Waals surface area contributed by atoms with Crippen LogP contribution >= 0.6 is 0 Å². The number of furan rings is 1. The van der Waals surface area contributed by atoms with E-state index in [0.29, 0.717) is 43.6 Å². The molecule has 1 saturated heterocycles. The van der Waals surface area contributed by atoms with Crippen LogP contribution in [0.15, 0.2) is 28.9 Å². The minimum absolute atomic E-state index is 0.146. The average Bonchev–Trinajstić information content (AvgIpc) is 3.14. The van der Waals surface area contributed by atoms with E-state index in [2.05, 4.69) is 15.3 Å². The van der Waals surface area contributed by atoms with Gasteiger partial charge in [-0.1, -0.05) is 0 Å². The van der Waals surface area contributed by atoms with E-state index in [-0.39, 0.29) is 17.9 Å². The lowest BCUT2D eigenvalue weighted by Gasteiger charge is -2.34. The second kappa shape index (κ2) is 7.55. The normalized spacial score (nSPS) is 14.6. The minimum Gasteiger partial charge on any atom is -0.459 e. The predicted octanol–water partition coefficient (Wildman–Crippen LogP) is 1.80. The second-order valence-corrected chi connectivity index (χ2v) is 6.58. The van der Waals surface area contributed by atoms with E-state index >= 15 is 0 Å². The number of anilines is 1. The molecule has 26 heavy (non-hydrogen) atoms. The van der Waals surface area contributed by atoms with Crippen molar-refractivity contribution in [1.29, 1.82) is 0 Å². The van der Waals surface area contributed by atoms with Crippen molar-refractivity contribution < 1.29 is 14.0 Å². The smallest absolute Gasteiger partial charge is 0.289 e. The Morgan fingerprint density at radius 3 is 2.35 bits per heavy atom. The molecular weight excluding hydrogens is 334 g/mol. The number of hydrogen-bond donors (Lipinski definition) is 1. The van der Waals surface area contributed by atoms with E-state index in [4.69, 9.17) is 4.42 Å². The van der Waals surface area contributed by atoms with E-state index in [9.17, 15) is 9.59 Å². The number of hydrogen-bond acceptors (Lipinski definition) is 6. The monoisotopic (exact) mass is 357 g/mol. The van der Waals surface area contributed by atoms with E-state index in [0.717, 1.165) is 5.69 Å². The maximum atomic E-state index is 12.8. The molecule has 138 valence electrons. The lowest BCUT2D eigenvalue weighted by Crippen LogP contribution is -2.50. The standard InChI is InChI=1S/C18H23N5O3/c1-12(2)19-18-20-13(3)11-14(21-18)16(24)22-6-8-23(9-7-22)17(25)15-5-4-10-26-15/h4-5,10-12H,6-9H2,1-3H3,(H,19,20,21). The largest absolute Gasteiger partial charge is 0.459 e. The Morgan fingerprint density at radius 1 is 1.12 bits per heavy atom. The highest BCUT2D eigenvalue weighted by atomic mass is 16.3. The number of aryl methyl sites for hydroxylation is 1. The van der Waals surface area contributed by atoms with Crippen LogP contribution in [0.1, 0.15) is 40.6 Å². The van der Waals surface area contributed by atoms with Crippen LogP contribution in [-0.2, 0) is 0 Å². The first-order valence-corrected chi connectivity index (χ1v) is 8.68. The van der Waals surface area contributed by atoms with E-state index in [1.807, 2.05) is 20.8 Å². The average molecular weight is 357 g/mol. The zero-order chi connectivity index (χ0) is 18.7. The van der Waals surface area contributed by atoms with Crippen molar-refractivity contribution in [2.75, 3.05) is 31.5 Å². The van der Waals surface area contributed by atoms with Gasteiger partial charge >= 0.3 is 0 Å². The van der Waals surface area contributed by atoms with E-state index < -0.39 is 0 Å². The van der Waals surface area contributed by atoms with Gasteiger partial charge in [0.25, 0.3) is 11.8 Å². The zero-order valence-corrected chi connectivity index (χ0v) is 15.2. The quantitative estimate of drug-likeness (QED) is 0.897. The summed E-state index contributed by atoms with van der Waals surface area (Å²) < 4.78 is 5.15. The molecule has 1 fully saturated rings. The summed E-state index contributed by atoms with van der Waals surface area (Å²) in [6, 6.07) is 5.20. The molecule has 3 heterocycles. The molecule has 2 amide bonds. The second-order valence-electron chi connectivity index (χ2n) is 6.58. The number of nitrogens with zero attached hydrogens (tertiary/aromatic N) is 4. The summed E-state index contributed by atoms with van der Waals surface area (Å²) in [6.07, 6.45) is 1.48. The predicted molar refractivity (Wildman–Crippen MR) is 96.0 cm³/mol. The first kappa shape index (κ1) is 17.9. The van der Waals surface area contributed by atoms with Crippen molar-refractivity contribution in [3.05, 3.63) is 41.6 Å². The number of aromatic nitrogens is 2. The number of amides is 2. The van der Waals surface area contributed by atoms with Crippen molar-refractivity contribution in [1.82, 2.24) is 19.8 Å². The molecule has 0 spiro atoms. The van der Waals surface area contributed by atoms with Gasteiger partial charge in [0.1, 0.15) is 5.69 Å². The van der Waals surface area contributed by atoms with Gasteiger partial charge in [-0.25, -0.2) is 9.97 Å². The Morgan fingerprint density at radius 2 is 1.77 bits per heavy atom. The number of rotatable bonds is 4. The summed E-state index contributed by atoms with van der Waals surface area (Å²) in [4.78, 5) is 37.1. The molecule has 0 atom stereocenters. The van der Waals surface area contributed by atoms with Crippen molar-refractivity contribution in [3.8, 4) is 0 Å². The van der Waals surface area contributed by atoms with Crippen LogP contribution < -0.4 is 5.32 Å². The lowest BCUT2D eigenvalue weighted by molar-refractivity contribution is 0.0515. The van der Waals surface area contributed by atoms with Crippen LogP contribution in [0.5, 0.6) is 0 Å². The maximum absolute atomic E-state index is 12.8. The molecule has 0 saturated carbocycles. The molecule has 3 rings (SSSR count).